The topological polar surface area (TPSA) is 108 Å². The molecular weight excluding hydrogens is 390 g/mol. The van der Waals surface area contributed by atoms with Crippen LogP contribution in [-0.4, -0.2) is 34.1 Å². The largest absolute Gasteiger partial charge is 0.489 e. The molecule has 3 N–H and O–H groups in total. The molecule has 1 unspecified atom stereocenters. The molecule has 1 amide bonds. The Balaban J connectivity index is 1.38. The number of hydrogen-bond donors (Lipinski definition) is 2. The van der Waals surface area contributed by atoms with E-state index in [0.29, 0.717) is 17.7 Å². The number of nitrogens with one attached hydrogen (secondary N) is 1. The predicted octanol–water partition coefficient (Wildman–Crippen LogP) is 3.34. The Morgan fingerprint density at radius 3 is 2.94 bits per heavy atom. The highest BCUT2D eigenvalue weighted by Gasteiger charge is 2.26. The molecule has 1 aliphatic heterocycles. The van der Waals surface area contributed by atoms with Crippen LogP contribution < -0.4 is 10.5 Å². The van der Waals surface area contributed by atoms with Gasteiger partial charge in [-0.15, -0.1) is 0 Å². The molecular formula is C24H25N5O2. The molecule has 0 radical (unpaired) electrons. The monoisotopic (exact) mass is 415 g/mol. The highest BCUT2D eigenvalue weighted by Crippen LogP contribution is 2.29. The van der Waals surface area contributed by atoms with Crippen LogP contribution in [0.2, 0.25) is 0 Å². The van der Waals surface area contributed by atoms with Crippen molar-refractivity contribution in [2.24, 2.45) is 5.73 Å². The van der Waals surface area contributed by atoms with Crippen LogP contribution in [0, 0.1) is 11.3 Å². The van der Waals surface area contributed by atoms with Gasteiger partial charge in [-0.05, 0) is 54.8 Å². The number of carbonyl (C=O) groups excluding carboxylic acids is 1. The van der Waals surface area contributed by atoms with Gasteiger partial charge in [0.05, 0.1) is 29.1 Å². The molecule has 0 spiro atoms. The van der Waals surface area contributed by atoms with Gasteiger partial charge < -0.3 is 10.5 Å². The summed E-state index contributed by atoms with van der Waals surface area (Å²) in [6.45, 7) is 3.06. The first kappa shape index (κ1) is 20.6. The molecule has 1 aromatic heterocycles. The van der Waals surface area contributed by atoms with Crippen LogP contribution >= 0.6 is 0 Å². The van der Waals surface area contributed by atoms with Crippen molar-refractivity contribution in [2.45, 2.75) is 31.9 Å². The van der Waals surface area contributed by atoms with Crippen molar-refractivity contribution in [1.82, 2.24) is 15.1 Å². The number of ether oxygens (including phenoxy) is 1. The minimum Gasteiger partial charge on any atom is -0.489 e. The number of likely N-dealkylation sites (tertiary alicyclic amines) is 1. The highest BCUT2D eigenvalue weighted by atomic mass is 16.5. The quantitative estimate of drug-likeness (QED) is 0.615. The molecule has 0 aliphatic carbocycles. The zero-order valence-corrected chi connectivity index (χ0v) is 17.3. The van der Waals surface area contributed by atoms with Crippen molar-refractivity contribution in [3.8, 4) is 11.8 Å². The number of nitrogens with two attached hydrogens (primary N) is 1. The van der Waals surface area contributed by atoms with Gasteiger partial charge in [-0.2, -0.15) is 10.4 Å². The average molecular weight is 415 g/mol. The van der Waals surface area contributed by atoms with Crippen LogP contribution in [0.3, 0.4) is 0 Å². The second-order valence-electron chi connectivity index (χ2n) is 7.88. The van der Waals surface area contributed by atoms with Crippen LogP contribution in [0.15, 0.2) is 54.7 Å². The molecule has 1 fully saturated rings. The summed E-state index contributed by atoms with van der Waals surface area (Å²) in [5.74, 6) is 0.578. The van der Waals surface area contributed by atoms with E-state index < -0.39 is 5.91 Å². The molecule has 1 saturated heterocycles. The summed E-state index contributed by atoms with van der Waals surface area (Å²) in [5, 5.41) is 16.0. The SMILES string of the molecule is N#Cc1cccc(COc2cccc(CN3CCCC(c4[nH]ncc4C(N)=O)C3)c2)c1. The molecule has 0 saturated carbocycles. The van der Waals surface area contributed by atoms with Gasteiger partial charge in [0, 0.05) is 19.0 Å². The lowest BCUT2D eigenvalue weighted by Crippen LogP contribution is -2.34. The Morgan fingerprint density at radius 1 is 1.26 bits per heavy atom. The van der Waals surface area contributed by atoms with E-state index in [4.69, 9.17) is 15.7 Å². The maximum absolute atomic E-state index is 11.7. The summed E-state index contributed by atoms with van der Waals surface area (Å²) >= 11 is 0. The Hall–Kier alpha value is -3.63. The standard InChI is InChI=1S/C24H25N5O2/c25-12-17-4-1-6-19(10-17)16-31-21-8-2-5-18(11-21)14-29-9-3-7-20(15-29)23-22(24(26)30)13-27-28-23/h1-2,4-6,8,10-11,13,20H,3,7,9,14-16H2,(H2,26,30)(H,27,28). The van der Waals surface area contributed by atoms with Gasteiger partial charge in [-0.25, -0.2) is 0 Å². The number of hydrogen-bond acceptors (Lipinski definition) is 5. The van der Waals surface area contributed by atoms with Crippen molar-refractivity contribution in [3.05, 3.63) is 82.7 Å². The summed E-state index contributed by atoms with van der Waals surface area (Å²) < 4.78 is 5.95. The molecule has 2 aromatic carbocycles. The molecule has 158 valence electrons. The Bertz CT molecular complexity index is 1100. The molecule has 2 heterocycles. The minimum atomic E-state index is -0.439. The van der Waals surface area contributed by atoms with E-state index in [0.717, 1.165) is 49.5 Å². The third-order valence-electron chi connectivity index (χ3n) is 5.61. The average Bonchev–Trinajstić information content (AvgIpc) is 3.29. The maximum Gasteiger partial charge on any atom is 0.252 e. The normalized spacial score (nSPS) is 16.5. The zero-order valence-electron chi connectivity index (χ0n) is 17.3. The first-order chi connectivity index (χ1) is 15.1. The number of nitriles is 1. The van der Waals surface area contributed by atoms with E-state index in [-0.39, 0.29) is 5.92 Å². The van der Waals surface area contributed by atoms with Crippen molar-refractivity contribution in [1.29, 1.82) is 5.26 Å². The van der Waals surface area contributed by atoms with Crippen molar-refractivity contribution in [2.75, 3.05) is 13.1 Å². The highest BCUT2D eigenvalue weighted by molar-refractivity contribution is 5.93. The van der Waals surface area contributed by atoms with E-state index in [9.17, 15) is 4.79 Å². The molecule has 7 nitrogen and oxygen atoms in total. The number of piperidine rings is 1. The van der Waals surface area contributed by atoms with Gasteiger partial charge in [0.25, 0.3) is 5.91 Å². The van der Waals surface area contributed by atoms with E-state index in [1.807, 2.05) is 30.3 Å². The molecule has 7 heteroatoms. The number of rotatable bonds is 7. The number of aromatic amines is 1. The number of carbonyl (C=O) groups is 1. The Labute approximate surface area is 181 Å². The molecule has 31 heavy (non-hydrogen) atoms. The summed E-state index contributed by atoms with van der Waals surface area (Å²) in [4.78, 5) is 14.0. The third kappa shape index (κ3) is 5.11. The summed E-state index contributed by atoms with van der Waals surface area (Å²) in [6, 6.07) is 17.7. The Kier molecular flexibility index (Phi) is 6.29. The molecule has 1 aliphatic rings. The van der Waals surface area contributed by atoms with Gasteiger partial charge in [0.15, 0.2) is 0 Å². The first-order valence-electron chi connectivity index (χ1n) is 10.4. The fraction of sp³-hybridized carbons (Fsp3) is 0.292. The van der Waals surface area contributed by atoms with Crippen LogP contribution in [0.4, 0.5) is 0 Å². The lowest BCUT2D eigenvalue weighted by molar-refractivity contribution is 0.0997. The first-order valence-corrected chi connectivity index (χ1v) is 10.4. The number of benzene rings is 2. The van der Waals surface area contributed by atoms with Crippen LogP contribution in [0.25, 0.3) is 0 Å². The summed E-state index contributed by atoms with van der Waals surface area (Å²) in [5.41, 5.74) is 9.58. The van der Waals surface area contributed by atoms with Crippen molar-refractivity contribution < 1.29 is 9.53 Å². The third-order valence-corrected chi connectivity index (χ3v) is 5.61. The van der Waals surface area contributed by atoms with Gasteiger partial charge in [-0.3, -0.25) is 14.8 Å². The van der Waals surface area contributed by atoms with Gasteiger partial charge in [-0.1, -0.05) is 24.3 Å². The van der Waals surface area contributed by atoms with E-state index in [2.05, 4.69) is 33.3 Å². The van der Waals surface area contributed by atoms with E-state index >= 15 is 0 Å². The van der Waals surface area contributed by atoms with Gasteiger partial charge in [0.2, 0.25) is 0 Å². The lowest BCUT2D eigenvalue weighted by Gasteiger charge is -2.32. The van der Waals surface area contributed by atoms with Crippen LogP contribution in [0.1, 0.15) is 51.5 Å². The summed E-state index contributed by atoms with van der Waals surface area (Å²) in [7, 11) is 0. The molecule has 4 rings (SSSR count). The minimum absolute atomic E-state index is 0.214. The molecule has 3 aromatic rings. The number of amides is 1. The van der Waals surface area contributed by atoms with Crippen molar-refractivity contribution >= 4 is 5.91 Å². The number of H-pyrrole nitrogens is 1. The fourth-order valence-electron chi connectivity index (χ4n) is 4.13. The number of primary amides is 1. The second kappa shape index (κ2) is 9.45. The van der Waals surface area contributed by atoms with Crippen LogP contribution in [-0.2, 0) is 13.2 Å². The Morgan fingerprint density at radius 2 is 2.10 bits per heavy atom. The number of nitrogens with zero attached hydrogens (tertiary/aromatic N) is 3. The predicted molar refractivity (Wildman–Crippen MR) is 116 cm³/mol. The molecule has 0 bridgehead atoms. The lowest BCUT2D eigenvalue weighted by atomic mass is 9.92. The van der Waals surface area contributed by atoms with E-state index in [1.54, 1.807) is 6.07 Å². The number of aromatic nitrogens is 2. The van der Waals surface area contributed by atoms with Gasteiger partial charge in [0.1, 0.15) is 12.4 Å². The maximum atomic E-state index is 11.7. The van der Waals surface area contributed by atoms with E-state index in [1.165, 1.54) is 11.8 Å². The van der Waals surface area contributed by atoms with Gasteiger partial charge >= 0.3 is 0 Å². The summed E-state index contributed by atoms with van der Waals surface area (Å²) in [6.07, 6.45) is 3.57. The van der Waals surface area contributed by atoms with Crippen molar-refractivity contribution in [3.63, 3.8) is 0 Å². The zero-order chi connectivity index (χ0) is 21.6. The van der Waals surface area contributed by atoms with Crippen LogP contribution in [0.5, 0.6) is 5.75 Å². The second-order valence-corrected chi connectivity index (χ2v) is 7.88. The smallest absolute Gasteiger partial charge is 0.252 e. The fourth-order valence-corrected chi connectivity index (χ4v) is 4.13. The molecule has 1 atom stereocenters.